The second-order valence-corrected chi connectivity index (χ2v) is 4.23. The van der Waals surface area contributed by atoms with Crippen LogP contribution in [0.15, 0.2) is 12.1 Å². The Morgan fingerprint density at radius 2 is 2.19 bits per heavy atom. The van der Waals surface area contributed by atoms with Crippen LogP contribution in [-0.4, -0.2) is 24.0 Å². The highest BCUT2D eigenvalue weighted by Crippen LogP contribution is 2.19. The molecule has 1 heterocycles. The summed E-state index contributed by atoms with van der Waals surface area (Å²) >= 11 is 0. The van der Waals surface area contributed by atoms with Gasteiger partial charge in [0.2, 0.25) is 0 Å². The summed E-state index contributed by atoms with van der Waals surface area (Å²) in [5.74, 6) is 0.741. The number of pyridine rings is 1. The van der Waals surface area contributed by atoms with Gasteiger partial charge in [0.05, 0.1) is 0 Å². The van der Waals surface area contributed by atoms with E-state index in [-0.39, 0.29) is 5.91 Å². The predicted octanol–water partition coefficient (Wildman–Crippen LogP) is 1.71. The average Bonchev–Trinajstić information content (AvgIpc) is 2.22. The van der Waals surface area contributed by atoms with Crippen molar-refractivity contribution < 1.29 is 4.79 Å². The Bertz CT molecular complexity index is 399. The van der Waals surface area contributed by atoms with Crippen molar-refractivity contribution in [2.45, 2.75) is 32.2 Å². The second kappa shape index (κ2) is 4.51. The maximum atomic E-state index is 11.9. The Morgan fingerprint density at radius 1 is 1.44 bits per heavy atom. The molecule has 0 saturated heterocycles. The number of nitrogens with one attached hydrogen (secondary N) is 2. The van der Waals surface area contributed by atoms with Gasteiger partial charge in [-0.15, -0.1) is 0 Å². The van der Waals surface area contributed by atoms with Crippen molar-refractivity contribution in [2.24, 2.45) is 0 Å². The van der Waals surface area contributed by atoms with Crippen molar-refractivity contribution in [1.82, 2.24) is 10.3 Å². The molecule has 2 N–H and O–H groups in total. The molecule has 0 bridgehead atoms. The zero-order chi connectivity index (χ0) is 11.5. The van der Waals surface area contributed by atoms with E-state index in [9.17, 15) is 4.79 Å². The molecular weight excluding hydrogens is 202 g/mol. The Kier molecular flexibility index (Phi) is 3.08. The van der Waals surface area contributed by atoms with Crippen molar-refractivity contribution in [2.75, 3.05) is 12.4 Å². The first-order valence-corrected chi connectivity index (χ1v) is 5.66. The fourth-order valence-corrected chi connectivity index (χ4v) is 1.75. The lowest BCUT2D eigenvalue weighted by Crippen LogP contribution is -2.39. The van der Waals surface area contributed by atoms with Crippen LogP contribution in [0.3, 0.4) is 0 Å². The van der Waals surface area contributed by atoms with Crippen LogP contribution in [-0.2, 0) is 0 Å². The van der Waals surface area contributed by atoms with Gasteiger partial charge in [-0.25, -0.2) is 4.98 Å². The highest BCUT2D eigenvalue weighted by atomic mass is 16.1. The summed E-state index contributed by atoms with van der Waals surface area (Å²) in [7, 11) is 1.80. The van der Waals surface area contributed by atoms with E-state index in [1.807, 2.05) is 13.0 Å². The van der Waals surface area contributed by atoms with Gasteiger partial charge in [0.15, 0.2) is 0 Å². The minimum absolute atomic E-state index is 0.00620. The van der Waals surface area contributed by atoms with Crippen LogP contribution in [0.4, 0.5) is 5.82 Å². The van der Waals surface area contributed by atoms with Crippen molar-refractivity contribution in [3.63, 3.8) is 0 Å². The van der Waals surface area contributed by atoms with Crippen molar-refractivity contribution in [1.29, 1.82) is 0 Å². The molecule has 4 heteroatoms. The maximum Gasteiger partial charge on any atom is 0.251 e. The van der Waals surface area contributed by atoms with E-state index < -0.39 is 0 Å². The quantitative estimate of drug-likeness (QED) is 0.813. The van der Waals surface area contributed by atoms with Crippen molar-refractivity contribution in [3.05, 3.63) is 23.4 Å². The van der Waals surface area contributed by atoms with Crippen LogP contribution < -0.4 is 10.6 Å². The van der Waals surface area contributed by atoms with Crippen LogP contribution in [0.5, 0.6) is 0 Å². The average molecular weight is 219 g/mol. The Morgan fingerprint density at radius 3 is 2.75 bits per heavy atom. The van der Waals surface area contributed by atoms with Crippen LogP contribution in [0, 0.1) is 6.92 Å². The second-order valence-electron chi connectivity index (χ2n) is 4.23. The molecule has 1 aromatic rings. The summed E-state index contributed by atoms with van der Waals surface area (Å²) in [6.45, 7) is 1.89. The van der Waals surface area contributed by atoms with Gasteiger partial charge in [-0.1, -0.05) is 0 Å². The van der Waals surface area contributed by atoms with Crippen LogP contribution in [0.25, 0.3) is 0 Å². The molecule has 0 atom stereocenters. The molecule has 4 nitrogen and oxygen atoms in total. The minimum Gasteiger partial charge on any atom is -0.373 e. The Hall–Kier alpha value is -1.58. The van der Waals surface area contributed by atoms with Crippen molar-refractivity contribution >= 4 is 11.7 Å². The number of carbonyl (C=O) groups excluding carboxylic acids is 1. The third-order valence-electron chi connectivity index (χ3n) is 2.91. The van der Waals surface area contributed by atoms with E-state index in [1.54, 1.807) is 13.1 Å². The summed E-state index contributed by atoms with van der Waals surface area (Å²) < 4.78 is 0. The molecular formula is C12H17N3O. The molecule has 1 saturated carbocycles. The van der Waals surface area contributed by atoms with Crippen LogP contribution in [0.2, 0.25) is 0 Å². The molecule has 0 unspecified atom stereocenters. The van der Waals surface area contributed by atoms with E-state index in [0.29, 0.717) is 11.6 Å². The van der Waals surface area contributed by atoms with Gasteiger partial charge in [0, 0.05) is 24.3 Å². The molecule has 0 radical (unpaired) electrons. The summed E-state index contributed by atoms with van der Waals surface area (Å²) in [5.41, 5.74) is 1.54. The SMILES string of the molecule is CNc1cc(C(=O)NC2CCC2)cc(C)n1. The number of hydrogen-bond acceptors (Lipinski definition) is 3. The number of amides is 1. The van der Waals surface area contributed by atoms with Gasteiger partial charge in [-0.2, -0.15) is 0 Å². The fourth-order valence-electron chi connectivity index (χ4n) is 1.75. The minimum atomic E-state index is 0.00620. The summed E-state index contributed by atoms with van der Waals surface area (Å²) in [6.07, 6.45) is 3.44. The predicted molar refractivity (Wildman–Crippen MR) is 63.6 cm³/mol. The van der Waals surface area contributed by atoms with E-state index in [0.717, 1.165) is 24.4 Å². The molecule has 2 rings (SSSR count). The first-order valence-electron chi connectivity index (χ1n) is 5.66. The van der Waals surface area contributed by atoms with Crippen LogP contribution >= 0.6 is 0 Å². The number of hydrogen-bond donors (Lipinski definition) is 2. The Balaban J connectivity index is 2.11. The first kappa shape index (κ1) is 10.9. The number of anilines is 1. The smallest absolute Gasteiger partial charge is 0.251 e. The molecule has 0 aromatic carbocycles. The third kappa shape index (κ3) is 2.32. The molecule has 1 aliphatic carbocycles. The Labute approximate surface area is 95.5 Å². The zero-order valence-electron chi connectivity index (χ0n) is 9.71. The molecule has 1 aromatic heterocycles. The zero-order valence-corrected chi connectivity index (χ0v) is 9.71. The molecule has 1 amide bonds. The number of aryl methyl sites for hydroxylation is 1. The highest BCUT2D eigenvalue weighted by molar-refractivity contribution is 5.95. The molecule has 1 aliphatic rings. The van der Waals surface area contributed by atoms with E-state index >= 15 is 0 Å². The van der Waals surface area contributed by atoms with Gasteiger partial charge < -0.3 is 10.6 Å². The molecule has 1 fully saturated rings. The number of aromatic nitrogens is 1. The monoisotopic (exact) mass is 219 g/mol. The summed E-state index contributed by atoms with van der Waals surface area (Å²) in [5, 5.41) is 5.97. The molecule has 0 spiro atoms. The summed E-state index contributed by atoms with van der Waals surface area (Å²) in [6, 6.07) is 3.97. The highest BCUT2D eigenvalue weighted by Gasteiger charge is 2.20. The van der Waals surface area contributed by atoms with Crippen molar-refractivity contribution in [3.8, 4) is 0 Å². The van der Waals surface area contributed by atoms with E-state index in [1.165, 1.54) is 6.42 Å². The number of nitrogens with zero attached hydrogens (tertiary/aromatic N) is 1. The van der Waals surface area contributed by atoms with Gasteiger partial charge in [-0.05, 0) is 38.3 Å². The lowest BCUT2D eigenvalue weighted by atomic mass is 9.93. The van der Waals surface area contributed by atoms with Gasteiger partial charge in [-0.3, -0.25) is 4.79 Å². The first-order chi connectivity index (χ1) is 7.69. The summed E-state index contributed by atoms with van der Waals surface area (Å²) in [4.78, 5) is 16.2. The standard InChI is InChI=1S/C12H17N3O/c1-8-6-9(7-11(13-2)14-8)12(16)15-10-4-3-5-10/h6-7,10H,3-5H2,1-2H3,(H,13,14)(H,15,16). The lowest BCUT2D eigenvalue weighted by molar-refractivity contribution is 0.0917. The van der Waals surface area contributed by atoms with Crippen LogP contribution in [0.1, 0.15) is 35.3 Å². The normalized spacial score (nSPS) is 15.4. The lowest BCUT2D eigenvalue weighted by Gasteiger charge is -2.26. The van der Waals surface area contributed by atoms with Gasteiger partial charge in [0.25, 0.3) is 5.91 Å². The van der Waals surface area contributed by atoms with Gasteiger partial charge in [0.1, 0.15) is 5.82 Å². The third-order valence-corrected chi connectivity index (χ3v) is 2.91. The van der Waals surface area contributed by atoms with E-state index in [2.05, 4.69) is 15.6 Å². The van der Waals surface area contributed by atoms with Gasteiger partial charge >= 0.3 is 0 Å². The molecule has 16 heavy (non-hydrogen) atoms. The number of carbonyl (C=O) groups is 1. The largest absolute Gasteiger partial charge is 0.373 e. The maximum absolute atomic E-state index is 11.9. The number of rotatable bonds is 3. The topological polar surface area (TPSA) is 54.0 Å². The molecule has 86 valence electrons. The van der Waals surface area contributed by atoms with E-state index in [4.69, 9.17) is 0 Å². The fraction of sp³-hybridized carbons (Fsp3) is 0.500. The molecule has 0 aliphatic heterocycles.